The highest BCUT2D eigenvalue weighted by atomic mass is 16.5. The molecule has 0 bridgehead atoms. The average Bonchev–Trinajstić information content (AvgIpc) is 2.98. The Hall–Kier alpha value is -3.30. The predicted molar refractivity (Wildman–Crippen MR) is 104 cm³/mol. The number of benzene rings is 1. The van der Waals surface area contributed by atoms with Gasteiger partial charge in [0.2, 0.25) is 5.91 Å². The van der Waals surface area contributed by atoms with E-state index in [1.54, 1.807) is 0 Å². The summed E-state index contributed by atoms with van der Waals surface area (Å²) >= 11 is 0. The smallest absolute Gasteiger partial charge is 0.236 e. The number of nitrogens with one attached hydrogen (secondary N) is 1. The van der Waals surface area contributed by atoms with Gasteiger partial charge >= 0.3 is 0 Å². The molecular weight excluding hydrogens is 340 g/mol. The van der Waals surface area contributed by atoms with Crippen LogP contribution in [0.1, 0.15) is 28.7 Å². The van der Waals surface area contributed by atoms with Crippen LogP contribution in [-0.4, -0.2) is 21.8 Å². The van der Waals surface area contributed by atoms with Gasteiger partial charge in [-0.05, 0) is 31.5 Å². The molecule has 138 valence electrons. The number of aryl methyl sites for hydroxylation is 2. The molecule has 0 aliphatic rings. The number of ether oxygens (including phenoxy) is 1. The van der Waals surface area contributed by atoms with E-state index in [-0.39, 0.29) is 12.5 Å². The van der Waals surface area contributed by atoms with Crippen molar-refractivity contribution in [3.05, 3.63) is 65.1 Å². The first-order valence-corrected chi connectivity index (χ1v) is 8.66. The summed E-state index contributed by atoms with van der Waals surface area (Å²) in [5, 5.41) is 2.83. The van der Waals surface area contributed by atoms with Crippen molar-refractivity contribution in [2.24, 2.45) is 5.73 Å². The van der Waals surface area contributed by atoms with E-state index in [2.05, 4.69) is 16.2 Å². The maximum atomic E-state index is 11.9. The van der Waals surface area contributed by atoms with Crippen molar-refractivity contribution in [1.29, 1.82) is 0 Å². The highest BCUT2D eigenvalue weighted by molar-refractivity contribution is 5.78. The van der Waals surface area contributed by atoms with E-state index >= 15 is 0 Å². The van der Waals surface area contributed by atoms with E-state index in [4.69, 9.17) is 16.9 Å². The maximum Gasteiger partial charge on any atom is 0.236 e. The summed E-state index contributed by atoms with van der Waals surface area (Å²) in [6.45, 7) is 3.76. The molecule has 1 unspecified atom stereocenters. The van der Waals surface area contributed by atoms with Crippen molar-refractivity contribution in [3.63, 3.8) is 0 Å². The van der Waals surface area contributed by atoms with Crippen LogP contribution < -0.4 is 15.8 Å². The molecular formula is C21H22N4O2. The van der Waals surface area contributed by atoms with Crippen LogP contribution in [0.3, 0.4) is 0 Å². The molecule has 1 atom stereocenters. The SMILES string of the molecule is C#CCc1c(C)nc2c(OC(NC(=O)CN)c3ccccc3C)cccn12. The van der Waals surface area contributed by atoms with Crippen molar-refractivity contribution in [1.82, 2.24) is 14.7 Å². The zero-order valence-corrected chi connectivity index (χ0v) is 15.4. The van der Waals surface area contributed by atoms with Crippen LogP contribution in [0, 0.1) is 26.2 Å². The van der Waals surface area contributed by atoms with Gasteiger partial charge in [-0.2, -0.15) is 0 Å². The number of carbonyl (C=O) groups excluding carboxylic acids is 1. The molecule has 6 nitrogen and oxygen atoms in total. The number of hydrogen-bond acceptors (Lipinski definition) is 4. The Labute approximate surface area is 158 Å². The van der Waals surface area contributed by atoms with Gasteiger partial charge in [0.25, 0.3) is 0 Å². The van der Waals surface area contributed by atoms with Gasteiger partial charge in [0, 0.05) is 11.8 Å². The van der Waals surface area contributed by atoms with Crippen molar-refractivity contribution in [2.75, 3.05) is 6.54 Å². The van der Waals surface area contributed by atoms with Crippen molar-refractivity contribution in [3.8, 4) is 18.1 Å². The first-order valence-electron chi connectivity index (χ1n) is 8.66. The molecule has 0 spiro atoms. The summed E-state index contributed by atoms with van der Waals surface area (Å²) < 4.78 is 8.11. The molecule has 1 amide bonds. The first kappa shape index (κ1) is 18.5. The lowest BCUT2D eigenvalue weighted by atomic mass is 10.1. The van der Waals surface area contributed by atoms with E-state index in [1.165, 1.54) is 0 Å². The van der Waals surface area contributed by atoms with Crippen LogP contribution in [0.2, 0.25) is 0 Å². The molecule has 0 radical (unpaired) electrons. The van der Waals surface area contributed by atoms with Gasteiger partial charge < -0.3 is 15.8 Å². The zero-order valence-electron chi connectivity index (χ0n) is 15.4. The number of carbonyl (C=O) groups is 1. The summed E-state index contributed by atoms with van der Waals surface area (Å²) in [5.74, 6) is 2.91. The number of pyridine rings is 1. The Morgan fingerprint density at radius 1 is 1.33 bits per heavy atom. The number of aromatic nitrogens is 2. The van der Waals surface area contributed by atoms with Crippen LogP contribution in [0.25, 0.3) is 5.65 Å². The lowest BCUT2D eigenvalue weighted by Crippen LogP contribution is -2.36. The maximum absolute atomic E-state index is 11.9. The topological polar surface area (TPSA) is 81.6 Å². The number of nitrogens with two attached hydrogens (primary N) is 1. The van der Waals surface area contributed by atoms with Gasteiger partial charge in [-0.25, -0.2) is 4.98 Å². The second-order valence-corrected chi connectivity index (χ2v) is 6.22. The average molecular weight is 362 g/mol. The number of nitrogens with zero attached hydrogens (tertiary/aromatic N) is 2. The van der Waals surface area contributed by atoms with Gasteiger partial charge in [-0.3, -0.25) is 9.20 Å². The summed E-state index contributed by atoms with van der Waals surface area (Å²) in [6.07, 6.45) is 7.17. The van der Waals surface area contributed by atoms with Crippen LogP contribution in [-0.2, 0) is 11.2 Å². The summed E-state index contributed by atoms with van der Waals surface area (Å²) in [4.78, 5) is 16.6. The third-order valence-corrected chi connectivity index (χ3v) is 4.38. The molecule has 0 aliphatic carbocycles. The zero-order chi connectivity index (χ0) is 19.4. The minimum Gasteiger partial charge on any atom is -0.462 e. The Balaban J connectivity index is 2.04. The number of fused-ring (bicyclic) bond motifs is 1. The van der Waals surface area contributed by atoms with Crippen molar-refractivity contribution >= 4 is 11.6 Å². The fourth-order valence-electron chi connectivity index (χ4n) is 2.99. The normalized spacial score (nSPS) is 11.8. The minimum atomic E-state index is -0.679. The van der Waals surface area contributed by atoms with E-state index in [1.807, 2.05) is 60.8 Å². The third kappa shape index (κ3) is 3.78. The molecule has 27 heavy (non-hydrogen) atoms. The largest absolute Gasteiger partial charge is 0.462 e. The number of imidazole rings is 1. The van der Waals surface area contributed by atoms with Crippen LogP contribution in [0.15, 0.2) is 42.6 Å². The molecule has 1 aromatic carbocycles. The fraction of sp³-hybridized carbons (Fsp3) is 0.238. The lowest BCUT2D eigenvalue weighted by Gasteiger charge is -2.22. The van der Waals surface area contributed by atoms with E-state index in [0.717, 1.165) is 22.5 Å². The Bertz CT molecular complexity index is 1020. The van der Waals surface area contributed by atoms with Gasteiger partial charge in [0.15, 0.2) is 17.6 Å². The van der Waals surface area contributed by atoms with Crippen molar-refractivity contribution < 1.29 is 9.53 Å². The Morgan fingerprint density at radius 2 is 2.11 bits per heavy atom. The summed E-state index contributed by atoms with van der Waals surface area (Å²) in [6, 6.07) is 11.4. The molecule has 3 N–H and O–H groups in total. The molecule has 3 aromatic rings. The second-order valence-electron chi connectivity index (χ2n) is 6.22. The summed E-state index contributed by atoms with van der Waals surface area (Å²) in [7, 11) is 0. The molecule has 0 saturated carbocycles. The second kappa shape index (κ2) is 7.94. The van der Waals surface area contributed by atoms with Gasteiger partial charge in [0.1, 0.15) is 0 Å². The van der Waals surface area contributed by atoms with Crippen molar-refractivity contribution in [2.45, 2.75) is 26.5 Å². The number of hydrogen-bond donors (Lipinski definition) is 2. The molecule has 2 heterocycles. The monoisotopic (exact) mass is 362 g/mol. The van der Waals surface area contributed by atoms with Crippen LogP contribution in [0.4, 0.5) is 0 Å². The summed E-state index contributed by atoms with van der Waals surface area (Å²) in [5.41, 5.74) is 9.77. The predicted octanol–water partition coefficient (Wildman–Crippen LogP) is 2.28. The molecule has 0 saturated heterocycles. The molecule has 3 rings (SSSR count). The van der Waals surface area contributed by atoms with E-state index in [0.29, 0.717) is 17.8 Å². The van der Waals surface area contributed by atoms with Gasteiger partial charge in [0.05, 0.1) is 24.4 Å². The molecule has 0 aliphatic heterocycles. The number of amides is 1. The third-order valence-electron chi connectivity index (χ3n) is 4.38. The molecule has 2 aromatic heterocycles. The Kier molecular flexibility index (Phi) is 5.43. The first-order chi connectivity index (χ1) is 13.0. The quantitative estimate of drug-likeness (QED) is 0.521. The standard InChI is InChI=1S/C21H22N4O2/c1-4-8-17-15(3)23-20-18(11-7-12-25(17)20)27-21(24-19(26)13-22)16-10-6-5-9-14(16)2/h1,5-7,9-12,21H,8,13,22H2,2-3H3,(H,24,26). The highest BCUT2D eigenvalue weighted by Gasteiger charge is 2.20. The van der Waals surface area contributed by atoms with Crippen LogP contribution in [0.5, 0.6) is 5.75 Å². The van der Waals surface area contributed by atoms with Gasteiger partial charge in [-0.15, -0.1) is 12.3 Å². The van der Waals surface area contributed by atoms with Gasteiger partial charge in [-0.1, -0.05) is 24.3 Å². The minimum absolute atomic E-state index is 0.120. The number of rotatable bonds is 6. The lowest BCUT2D eigenvalue weighted by molar-refractivity contribution is -0.122. The number of terminal acetylenes is 1. The van der Waals surface area contributed by atoms with Crippen LogP contribution >= 0.6 is 0 Å². The highest BCUT2D eigenvalue weighted by Crippen LogP contribution is 2.27. The molecule has 6 heteroatoms. The fourth-order valence-corrected chi connectivity index (χ4v) is 2.99. The molecule has 0 fully saturated rings. The van der Waals surface area contributed by atoms with E-state index < -0.39 is 6.23 Å². The van der Waals surface area contributed by atoms with E-state index in [9.17, 15) is 4.79 Å². The Morgan fingerprint density at radius 3 is 2.81 bits per heavy atom.